The predicted octanol–water partition coefficient (Wildman–Crippen LogP) is 2.39. The van der Waals surface area contributed by atoms with Crippen molar-refractivity contribution in [2.24, 2.45) is 0 Å². The fourth-order valence-electron chi connectivity index (χ4n) is 1.01. The smallest absolute Gasteiger partial charge is 0.0682 e. The van der Waals surface area contributed by atoms with Gasteiger partial charge in [-0.1, -0.05) is 24.6 Å². The second-order valence-electron chi connectivity index (χ2n) is 2.48. The van der Waals surface area contributed by atoms with Gasteiger partial charge in [0.15, 0.2) is 0 Å². The van der Waals surface area contributed by atoms with E-state index in [4.69, 9.17) is 16.7 Å². The maximum atomic E-state index is 8.82. The van der Waals surface area contributed by atoms with Crippen LogP contribution in [0, 0.1) is 0 Å². The molecular formula is C9H11ClO. The van der Waals surface area contributed by atoms with E-state index in [-0.39, 0.29) is 6.61 Å². The Morgan fingerprint density at radius 1 is 1.27 bits per heavy atom. The van der Waals surface area contributed by atoms with Gasteiger partial charge in [0.25, 0.3) is 0 Å². The van der Waals surface area contributed by atoms with Crippen LogP contribution in [0.15, 0.2) is 18.2 Å². The average molecular weight is 171 g/mol. The van der Waals surface area contributed by atoms with E-state index in [0.29, 0.717) is 5.02 Å². The zero-order valence-electron chi connectivity index (χ0n) is 6.47. The van der Waals surface area contributed by atoms with E-state index >= 15 is 0 Å². The van der Waals surface area contributed by atoms with Gasteiger partial charge in [-0.15, -0.1) is 0 Å². The van der Waals surface area contributed by atoms with Gasteiger partial charge >= 0.3 is 0 Å². The van der Waals surface area contributed by atoms with Crippen molar-refractivity contribution >= 4 is 11.6 Å². The summed E-state index contributed by atoms with van der Waals surface area (Å²) in [4.78, 5) is 0. The van der Waals surface area contributed by atoms with Crippen molar-refractivity contribution in [3.63, 3.8) is 0 Å². The third-order valence-corrected chi connectivity index (χ3v) is 1.83. The normalized spacial score (nSPS) is 10.1. The van der Waals surface area contributed by atoms with Gasteiger partial charge in [0.2, 0.25) is 0 Å². The number of rotatable bonds is 2. The van der Waals surface area contributed by atoms with Gasteiger partial charge in [-0.25, -0.2) is 0 Å². The van der Waals surface area contributed by atoms with Crippen LogP contribution in [0.4, 0.5) is 0 Å². The second-order valence-corrected chi connectivity index (χ2v) is 2.92. The summed E-state index contributed by atoms with van der Waals surface area (Å²) in [6.07, 6.45) is 0.952. The molecule has 0 radical (unpaired) electrons. The first-order valence-corrected chi connectivity index (χ1v) is 4.03. The second kappa shape index (κ2) is 3.74. The zero-order valence-corrected chi connectivity index (χ0v) is 7.23. The Kier molecular flexibility index (Phi) is 2.92. The lowest BCUT2D eigenvalue weighted by molar-refractivity contribution is 0.281. The van der Waals surface area contributed by atoms with Gasteiger partial charge in [0, 0.05) is 5.02 Å². The molecule has 60 valence electrons. The van der Waals surface area contributed by atoms with E-state index in [1.165, 1.54) is 5.56 Å². The van der Waals surface area contributed by atoms with Crippen LogP contribution in [0.5, 0.6) is 0 Å². The Hall–Kier alpha value is -0.530. The molecule has 0 spiro atoms. The summed E-state index contributed by atoms with van der Waals surface area (Å²) in [5, 5.41) is 9.53. The maximum absolute atomic E-state index is 8.82. The molecule has 0 aliphatic rings. The number of hydrogen-bond acceptors (Lipinski definition) is 1. The summed E-state index contributed by atoms with van der Waals surface area (Å²) in [5.74, 6) is 0. The highest BCUT2D eigenvalue weighted by atomic mass is 35.5. The molecule has 0 unspecified atom stereocenters. The standard InChI is InChI=1S/C9H11ClO/c1-2-7-3-8(6-11)5-9(10)4-7/h3-5,11H,2,6H2,1H3. The minimum Gasteiger partial charge on any atom is -0.392 e. The molecule has 0 aliphatic heterocycles. The molecule has 2 heteroatoms. The van der Waals surface area contributed by atoms with Crippen molar-refractivity contribution in [3.05, 3.63) is 34.3 Å². The van der Waals surface area contributed by atoms with E-state index in [1.807, 2.05) is 12.1 Å². The molecule has 0 amide bonds. The highest BCUT2D eigenvalue weighted by molar-refractivity contribution is 6.30. The number of aliphatic hydroxyl groups excluding tert-OH is 1. The van der Waals surface area contributed by atoms with Crippen LogP contribution in [0.25, 0.3) is 0 Å². The number of aliphatic hydroxyl groups is 1. The largest absolute Gasteiger partial charge is 0.392 e. The molecule has 0 fully saturated rings. The number of aryl methyl sites for hydroxylation is 1. The third kappa shape index (κ3) is 2.21. The van der Waals surface area contributed by atoms with Gasteiger partial charge in [0.05, 0.1) is 6.61 Å². The Bertz CT molecular complexity index is 223. The van der Waals surface area contributed by atoms with E-state index in [9.17, 15) is 0 Å². The Morgan fingerprint density at radius 2 is 1.91 bits per heavy atom. The van der Waals surface area contributed by atoms with Gasteiger partial charge in [-0.05, 0) is 29.7 Å². The fraction of sp³-hybridized carbons (Fsp3) is 0.333. The van der Waals surface area contributed by atoms with Crippen LogP contribution in [0.3, 0.4) is 0 Å². The number of hydrogen-bond donors (Lipinski definition) is 1. The van der Waals surface area contributed by atoms with E-state index in [0.717, 1.165) is 12.0 Å². The topological polar surface area (TPSA) is 20.2 Å². The molecule has 0 heterocycles. The van der Waals surface area contributed by atoms with Crippen molar-refractivity contribution in [2.75, 3.05) is 0 Å². The van der Waals surface area contributed by atoms with Gasteiger partial charge in [-0.3, -0.25) is 0 Å². The van der Waals surface area contributed by atoms with E-state index in [2.05, 4.69) is 6.92 Å². The summed E-state index contributed by atoms with van der Waals surface area (Å²) in [6, 6.07) is 5.66. The van der Waals surface area contributed by atoms with Crippen molar-refractivity contribution in [2.45, 2.75) is 20.0 Å². The molecule has 0 aromatic heterocycles. The highest BCUT2D eigenvalue weighted by Crippen LogP contribution is 2.15. The summed E-state index contributed by atoms with van der Waals surface area (Å²) < 4.78 is 0. The van der Waals surface area contributed by atoms with Crippen LogP contribution in [0.2, 0.25) is 5.02 Å². The van der Waals surface area contributed by atoms with Gasteiger partial charge in [-0.2, -0.15) is 0 Å². The molecule has 1 aromatic rings. The first-order chi connectivity index (χ1) is 5.26. The van der Waals surface area contributed by atoms with Crippen LogP contribution >= 0.6 is 11.6 Å². The molecule has 0 saturated carbocycles. The molecule has 11 heavy (non-hydrogen) atoms. The van der Waals surface area contributed by atoms with Crippen LogP contribution in [-0.2, 0) is 13.0 Å². The van der Waals surface area contributed by atoms with Crippen molar-refractivity contribution in [1.82, 2.24) is 0 Å². The van der Waals surface area contributed by atoms with Crippen molar-refractivity contribution < 1.29 is 5.11 Å². The molecule has 1 nitrogen and oxygen atoms in total. The lowest BCUT2D eigenvalue weighted by atomic mass is 10.1. The molecule has 0 atom stereocenters. The van der Waals surface area contributed by atoms with Crippen LogP contribution in [-0.4, -0.2) is 5.11 Å². The molecule has 1 aromatic carbocycles. The lowest BCUT2D eigenvalue weighted by Crippen LogP contribution is -1.86. The van der Waals surface area contributed by atoms with E-state index in [1.54, 1.807) is 6.07 Å². The van der Waals surface area contributed by atoms with E-state index < -0.39 is 0 Å². The van der Waals surface area contributed by atoms with Gasteiger partial charge in [0.1, 0.15) is 0 Å². The first-order valence-electron chi connectivity index (χ1n) is 3.65. The van der Waals surface area contributed by atoms with Crippen LogP contribution in [0.1, 0.15) is 18.1 Å². The summed E-state index contributed by atoms with van der Waals surface area (Å²) in [7, 11) is 0. The maximum Gasteiger partial charge on any atom is 0.0682 e. The summed E-state index contributed by atoms with van der Waals surface area (Å²) in [5.41, 5.74) is 2.05. The Labute approximate surface area is 71.6 Å². The molecule has 1 N–H and O–H groups in total. The third-order valence-electron chi connectivity index (χ3n) is 1.61. The number of halogens is 1. The summed E-state index contributed by atoms with van der Waals surface area (Å²) in [6.45, 7) is 2.13. The Morgan fingerprint density at radius 3 is 2.45 bits per heavy atom. The van der Waals surface area contributed by atoms with Gasteiger partial charge < -0.3 is 5.11 Å². The molecule has 0 bridgehead atoms. The molecule has 1 rings (SSSR count). The monoisotopic (exact) mass is 170 g/mol. The van der Waals surface area contributed by atoms with Crippen molar-refractivity contribution in [1.29, 1.82) is 0 Å². The molecule has 0 aliphatic carbocycles. The molecular weight excluding hydrogens is 160 g/mol. The van der Waals surface area contributed by atoms with Crippen LogP contribution < -0.4 is 0 Å². The fourth-order valence-corrected chi connectivity index (χ4v) is 1.29. The Balaban J connectivity index is 3.02. The SMILES string of the molecule is CCc1cc(Cl)cc(CO)c1. The minimum atomic E-state index is 0.0631. The summed E-state index contributed by atoms with van der Waals surface area (Å²) >= 11 is 5.80. The first kappa shape index (κ1) is 8.57. The van der Waals surface area contributed by atoms with Crippen molar-refractivity contribution in [3.8, 4) is 0 Å². The minimum absolute atomic E-state index is 0.0631. The average Bonchev–Trinajstić information content (AvgIpc) is 2.03. The number of benzene rings is 1. The predicted molar refractivity (Wildman–Crippen MR) is 46.8 cm³/mol. The molecule has 0 saturated heterocycles. The highest BCUT2D eigenvalue weighted by Gasteiger charge is 1.96. The lowest BCUT2D eigenvalue weighted by Gasteiger charge is -2.01. The quantitative estimate of drug-likeness (QED) is 0.723. The zero-order chi connectivity index (χ0) is 8.27.